The van der Waals surface area contributed by atoms with Crippen molar-refractivity contribution in [2.45, 2.75) is 40.7 Å². The number of benzene rings is 1. The Kier molecular flexibility index (Phi) is 8.96. The fourth-order valence-corrected chi connectivity index (χ4v) is 2.81. The van der Waals surface area contributed by atoms with Gasteiger partial charge >= 0.3 is 0 Å². The quantitative estimate of drug-likeness (QED) is 0.400. The fourth-order valence-electron chi connectivity index (χ4n) is 2.81. The van der Waals surface area contributed by atoms with Gasteiger partial charge in [0.05, 0.1) is 12.2 Å². The van der Waals surface area contributed by atoms with E-state index in [0.717, 1.165) is 31.2 Å². The van der Waals surface area contributed by atoms with Crippen LogP contribution in [0.25, 0.3) is 0 Å². The van der Waals surface area contributed by atoms with Gasteiger partial charge in [-0.15, -0.1) is 24.0 Å². The molecule has 0 aliphatic carbocycles. The number of aromatic nitrogens is 2. The second kappa shape index (κ2) is 10.4. The van der Waals surface area contributed by atoms with Gasteiger partial charge in [-0.05, 0) is 45.2 Å². The van der Waals surface area contributed by atoms with Gasteiger partial charge < -0.3 is 10.6 Å². The van der Waals surface area contributed by atoms with Crippen LogP contribution in [0.15, 0.2) is 29.3 Å². The molecule has 0 amide bonds. The van der Waals surface area contributed by atoms with Crippen LogP contribution >= 0.6 is 24.0 Å². The minimum Gasteiger partial charge on any atom is -0.357 e. The van der Waals surface area contributed by atoms with Crippen LogP contribution in [0.5, 0.6) is 0 Å². The highest BCUT2D eigenvalue weighted by molar-refractivity contribution is 14.0. The van der Waals surface area contributed by atoms with Crippen molar-refractivity contribution in [3.8, 4) is 0 Å². The van der Waals surface area contributed by atoms with Crippen LogP contribution in [0.1, 0.15) is 35.0 Å². The topological polar surface area (TPSA) is 54.2 Å². The Morgan fingerprint density at radius 2 is 1.96 bits per heavy atom. The van der Waals surface area contributed by atoms with Crippen molar-refractivity contribution in [1.82, 2.24) is 20.4 Å². The van der Waals surface area contributed by atoms with E-state index in [1.54, 1.807) is 0 Å². The summed E-state index contributed by atoms with van der Waals surface area (Å²) in [5.74, 6) is 0.859. The van der Waals surface area contributed by atoms with E-state index in [0.29, 0.717) is 6.54 Å². The van der Waals surface area contributed by atoms with Crippen LogP contribution < -0.4 is 10.6 Å². The van der Waals surface area contributed by atoms with Gasteiger partial charge in [-0.3, -0.25) is 4.68 Å². The molecule has 2 N–H and O–H groups in total. The Hall–Kier alpha value is -1.57. The zero-order chi connectivity index (χ0) is 17.5. The number of aryl methyl sites for hydroxylation is 3. The molecule has 2 aromatic rings. The Balaban J connectivity index is 0.00000312. The highest BCUT2D eigenvalue weighted by Gasteiger charge is 2.09. The zero-order valence-electron chi connectivity index (χ0n) is 15.9. The van der Waals surface area contributed by atoms with E-state index in [-0.39, 0.29) is 24.0 Å². The predicted octanol–water partition coefficient (Wildman–Crippen LogP) is 3.26. The number of aliphatic imine (C=N–C) groups is 1. The smallest absolute Gasteiger partial charge is 0.191 e. The third-order valence-electron chi connectivity index (χ3n) is 4.17. The molecule has 5 nitrogen and oxygen atoms in total. The number of nitrogens with one attached hydrogen (secondary N) is 2. The molecule has 0 saturated carbocycles. The molecule has 0 atom stereocenters. The van der Waals surface area contributed by atoms with E-state index in [1.807, 2.05) is 11.7 Å². The minimum absolute atomic E-state index is 0. The lowest BCUT2D eigenvalue weighted by molar-refractivity contribution is 0.729. The van der Waals surface area contributed by atoms with Crippen molar-refractivity contribution in [1.29, 1.82) is 0 Å². The Morgan fingerprint density at radius 3 is 2.56 bits per heavy atom. The molecule has 0 aliphatic heterocycles. The zero-order valence-corrected chi connectivity index (χ0v) is 18.2. The second-order valence-corrected chi connectivity index (χ2v) is 6.13. The van der Waals surface area contributed by atoms with Gasteiger partial charge in [0, 0.05) is 25.8 Å². The van der Waals surface area contributed by atoms with Crippen LogP contribution in [0.2, 0.25) is 0 Å². The first kappa shape index (κ1) is 21.5. The van der Waals surface area contributed by atoms with Crippen LogP contribution in [0.4, 0.5) is 0 Å². The molecule has 1 heterocycles. The molecular formula is C19H30IN5. The van der Waals surface area contributed by atoms with Crippen molar-refractivity contribution < 1.29 is 0 Å². The molecule has 0 aliphatic rings. The second-order valence-electron chi connectivity index (χ2n) is 6.13. The van der Waals surface area contributed by atoms with Gasteiger partial charge in [0.15, 0.2) is 5.96 Å². The molecule has 0 bridgehead atoms. The summed E-state index contributed by atoms with van der Waals surface area (Å²) in [6.07, 6.45) is 0.945. The summed E-state index contributed by atoms with van der Waals surface area (Å²) in [7, 11) is 1.99. The number of hydrogen-bond donors (Lipinski definition) is 2. The normalized spacial score (nSPS) is 11.2. The van der Waals surface area contributed by atoms with Gasteiger partial charge in [0.2, 0.25) is 0 Å². The summed E-state index contributed by atoms with van der Waals surface area (Å²) in [6, 6.07) is 8.47. The lowest BCUT2D eigenvalue weighted by Gasteiger charge is -2.11. The average Bonchev–Trinajstić information content (AvgIpc) is 2.78. The molecule has 0 fully saturated rings. The maximum atomic E-state index is 4.68. The van der Waals surface area contributed by atoms with E-state index in [2.05, 4.69) is 72.7 Å². The monoisotopic (exact) mass is 455 g/mol. The van der Waals surface area contributed by atoms with Crippen molar-refractivity contribution in [3.05, 3.63) is 52.3 Å². The van der Waals surface area contributed by atoms with Crippen molar-refractivity contribution >= 4 is 29.9 Å². The van der Waals surface area contributed by atoms with Gasteiger partial charge in [0.25, 0.3) is 0 Å². The maximum absolute atomic E-state index is 4.68. The molecule has 2 rings (SSSR count). The molecule has 1 aromatic heterocycles. The third kappa shape index (κ3) is 6.34. The highest BCUT2D eigenvalue weighted by Crippen LogP contribution is 2.11. The molecule has 138 valence electrons. The first-order chi connectivity index (χ1) is 11.5. The molecule has 1 aromatic carbocycles. The SMILES string of the molecule is CCNC(=NCc1cccc(C)c1)NCCc1c(C)nn(C)c1C.I. The minimum atomic E-state index is 0. The van der Waals surface area contributed by atoms with Crippen molar-refractivity contribution in [3.63, 3.8) is 0 Å². The van der Waals surface area contributed by atoms with Gasteiger partial charge in [0.1, 0.15) is 0 Å². The number of rotatable bonds is 6. The number of halogens is 1. The van der Waals surface area contributed by atoms with E-state index in [1.165, 1.54) is 22.4 Å². The summed E-state index contributed by atoms with van der Waals surface area (Å²) >= 11 is 0. The lowest BCUT2D eigenvalue weighted by atomic mass is 10.1. The van der Waals surface area contributed by atoms with Gasteiger partial charge in [-0.1, -0.05) is 29.8 Å². The Labute approximate surface area is 168 Å². The van der Waals surface area contributed by atoms with E-state index in [4.69, 9.17) is 0 Å². The van der Waals surface area contributed by atoms with Crippen LogP contribution in [-0.2, 0) is 20.0 Å². The summed E-state index contributed by atoms with van der Waals surface area (Å²) < 4.78 is 1.95. The molecule has 6 heteroatoms. The number of guanidine groups is 1. The predicted molar refractivity (Wildman–Crippen MR) is 116 cm³/mol. The Bertz CT molecular complexity index is 706. The van der Waals surface area contributed by atoms with Crippen LogP contribution in [-0.4, -0.2) is 28.8 Å². The molecule has 0 saturated heterocycles. The van der Waals surface area contributed by atoms with E-state index >= 15 is 0 Å². The van der Waals surface area contributed by atoms with E-state index < -0.39 is 0 Å². The molecule has 25 heavy (non-hydrogen) atoms. The standard InChI is InChI=1S/C19H29N5.HI/c1-6-20-19(22-13-17-9-7-8-14(2)12-17)21-11-10-18-15(3)23-24(5)16(18)4;/h7-9,12H,6,10-11,13H2,1-5H3,(H2,20,21,22);1H. The van der Waals surface area contributed by atoms with Crippen molar-refractivity contribution in [2.24, 2.45) is 12.0 Å². The summed E-state index contributed by atoms with van der Waals surface area (Å²) in [5.41, 5.74) is 6.16. The van der Waals surface area contributed by atoms with E-state index in [9.17, 15) is 0 Å². The van der Waals surface area contributed by atoms with Crippen molar-refractivity contribution in [2.75, 3.05) is 13.1 Å². The largest absolute Gasteiger partial charge is 0.357 e. The first-order valence-corrected chi connectivity index (χ1v) is 8.58. The number of nitrogens with zero attached hydrogens (tertiary/aromatic N) is 3. The summed E-state index contributed by atoms with van der Waals surface area (Å²) in [4.78, 5) is 4.68. The summed E-state index contributed by atoms with van der Waals surface area (Å²) in [5, 5.41) is 11.2. The highest BCUT2D eigenvalue weighted by atomic mass is 127. The maximum Gasteiger partial charge on any atom is 0.191 e. The lowest BCUT2D eigenvalue weighted by Crippen LogP contribution is -2.38. The number of hydrogen-bond acceptors (Lipinski definition) is 2. The summed E-state index contributed by atoms with van der Waals surface area (Å²) in [6.45, 7) is 10.7. The van der Waals surface area contributed by atoms with Crippen LogP contribution in [0.3, 0.4) is 0 Å². The fraction of sp³-hybridized carbons (Fsp3) is 0.474. The van der Waals surface area contributed by atoms with Gasteiger partial charge in [-0.2, -0.15) is 5.10 Å². The Morgan fingerprint density at radius 1 is 1.20 bits per heavy atom. The molecule has 0 unspecified atom stereocenters. The average molecular weight is 455 g/mol. The molecule has 0 radical (unpaired) electrons. The first-order valence-electron chi connectivity index (χ1n) is 8.58. The molecule has 0 spiro atoms. The molecular weight excluding hydrogens is 425 g/mol. The van der Waals surface area contributed by atoms with Gasteiger partial charge in [-0.25, -0.2) is 4.99 Å². The van der Waals surface area contributed by atoms with Crippen LogP contribution in [0, 0.1) is 20.8 Å². The third-order valence-corrected chi connectivity index (χ3v) is 4.17.